The molecule has 9 rings (SSSR count). The van der Waals surface area contributed by atoms with Gasteiger partial charge in [0.25, 0.3) is 0 Å². The SMILES string of the molecule is CC(C)c1cc(C(C)C)c(-c2cnn(-c3[c-]c(Oc4[c-]c5c(cc4)c4ccc6oc7ccccc7c6c4n5-c4ccccn4)ccc3)c2)c(C(C)C)c1.[Pd+2]. The first-order valence-corrected chi connectivity index (χ1v) is 18.4. The van der Waals surface area contributed by atoms with Gasteiger partial charge in [0.2, 0.25) is 0 Å². The molecule has 0 aliphatic carbocycles. The second kappa shape index (κ2) is 14.1. The van der Waals surface area contributed by atoms with Crippen LogP contribution in [0, 0.1) is 12.1 Å². The number of furan rings is 1. The zero-order valence-electron chi connectivity index (χ0n) is 31.1. The molecular weight excluding hydrogens is 759 g/mol. The number of ether oxygens (including phenoxy) is 1. The molecule has 6 nitrogen and oxygen atoms in total. The molecule has 4 heterocycles. The molecule has 0 spiro atoms. The largest absolute Gasteiger partial charge is 2.00 e. The number of nitrogens with zero attached hydrogens (tertiary/aromatic N) is 4. The van der Waals surface area contributed by atoms with Crippen molar-refractivity contribution in [2.24, 2.45) is 0 Å². The fraction of sp³-hybridized carbons (Fsp3) is 0.191. The van der Waals surface area contributed by atoms with E-state index in [1.807, 2.05) is 77.7 Å². The van der Waals surface area contributed by atoms with Gasteiger partial charge in [0.05, 0.1) is 17.1 Å². The number of benzene rings is 5. The summed E-state index contributed by atoms with van der Waals surface area (Å²) in [5.41, 5.74) is 10.9. The summed E-state index contributed by atoms with van der Waals surface area (Å²) in [6.45, 7) is 13.6. The third kappa shape index (κ3) is 6.02. The third-order valence-corrected chi connectivity index (χ3v) is 10.3. The van der Waals surface area contributed by atoms with Gasteiger partial charge in [-0.15, -0.1) is 35.7 Å². The molecule has 7 heteroatoms. The van der Waals surface area contributed by atoms with Crippen LogP contribution in [0.2, 0.25) is 0 Å². The molecule has 0 aliphatic heterocycles. The average Bonchev–Trinajstić information content (AvgIpc) is 3.89. The van der Waals surface area contributed by atoms with Gasteiger partial charge in [-0.1, -0.05) is 89.5 Å². The third-order valence-electron chi connectivity index (χ3n) is 10.3. The van der Waals surface area contributed by atoms with E-state index < -0.39 is 0 Å². The standard InChI is InChI=1S/C47H40N4O2.Pd/c1-28(2)31-22-39(29(3)4)45(40(23-31)30(5)6)32-26-49-50(27-32)33-12-11-13-34(24-33)52-35-17-18-36-37-19-20-43-46(38-14-7-8-15-42(38)53-43)47(37)51(41(36)25-35)44-16-9-10-21-48-44;/h7-23,26-30H,1-6H3;/q-2;+2. The van der Waals surface area contributed by atoms with E-state index in [-0.39, 0.29) is 20.4 Å². The van der Waals surface area contributed by atoms with E-state index in [9.17, 15) is 0 Å². The van der Waals surface area contributed by atoms with Gasteiger partial charge >= 0.3 is 20.4 Å². The molecule has 0 fully saturated rings. The number of pyridine rings is 1. The molecule has 5 aromatic carbocycles. The Labute approximate surface area is 329 Å². The van der Waals surface area contributed by atoms with Crippen LogP contribution in [0.3, 0.4) is 0 Å². The predicted octanol–water partition coefficient (Wildman–Crippen LogP) is 12.7. The van der Waals surface area contributed by atoms with Crippen LogP contribution in [-0.2, 0) is 20.4 Å². The van der Waals surface area contributed by atoms with Crippen LogP contribution in [0.15, 0.2) is 120 Å². The number of para-hydroxylation sites is 1. The molecule has 0 unspecified atom stereocenters. The van der Waals surface area contributed by atoms with Crippen LogP contribution >= 0.6 is 0 Å². The zero-order valence-corrected chi connectivity index (χ0v) is 32.7. The van der Waals surface area contributed by atoms with E-state index in [0.717, 1.165) is 60.8 Å². The minimum Gasteiger partial charge on any atom is -0.509 e. The van der Waals surface area contributed by atoms with Crippen LogP contribution in [-0.4, -0.2) is 19.3 Å². The summed E-state index contributed by atoms with van der Waals surface area (Å²) in [6, 6.07) is 40.1. The van der Waals surface area contributed by atoms with Crippen molar-refractivity contribution in [3.05, 3.63) is 144 Å². The second-order valence-corrected chi connectivity index (χ2v) is 14.8. The number of hydrogen-bond acceptors (Lipinski definition) is 4. The molecule has 0 saturated carbocycles. The van der Waals surface area contributed by atoms with Crippen molar-refractivity contribution in [3.63, 3.8) is 0 Å². The zero-order chi connectivity index (χ0) is 36.4. The van der Waals surface area contributed by atoms with Crippen LogP contribution in [0.1, 0.15) is 76.0 Å². The van der Waals surface area contributed by atoms with Crippen molar-refractivity contribution in [2.45, 2.75) is 59.3 Å². The van der Waals surface area contributed by atoms with E-state index in [1.54, 1.807) is 0 Å². The van der Waals surface area contributed by atoms with Crippen LogP contribution in [0.25, 0.3) is 66.4 Å². The summed E-state index contributed by atoms with van der Waals surface area (Å²) in [5.74, 6) is 3.16. The quantitative estimate of drug-likeness (QED) is 0.113. The fourth-order valence-electron chi connectivity index (χ4n) is 7.61. The Morgan fingerprint density at radius 1 is 0.685 bits per heavy atom. The van der Waals surface area contributed by atoms with Crippen LogP contribution < -0.4 is 4.74 Å². The number of aromatic nitrogens is 4. The second-order valence-electron chi connectivity index (χ2n) is 14.8. The van der Waals surface area contributed by atoms with Crippen LogP contribution in [0.4, 0.5) is 0 Å². The molecule has 0 bridgehead atoms. The smallest absolute Gasteiger partial charge is 0.509 e. The normalized spacial score (nSPS) is 11.9. The first-order chi connectivity index (χ1) is 25.7. The van der Waals surface area contributed by atoms with Gasteiger partial charge in [-0.05, 0) is 75.3 Å². The van der Waals surface area contributed by atoms with Crippen molar-refractivity contribution in [1.29, 1.82) is 0 Å². The van der Waals surface area contributed by atoms with Crippen molar-refractivity contribution in [3.8, 4) is 34.1 Å². The molecule has 0 N–H and O–H groups in total. The molecule has 54 heavy (non-hydrogen) atoms. The predicted molar refractivity (Wildman–Crippen MR) is 215 cm³/mol. The van der Waals surface area contributed by atoms with Crippen molar-refractivity contribution in [1.82, 2.24) is 19.3 Å². The van der Waals surface area contributed by atoms with E-state index in [4.69, 9.17) is 19.2 Å². The van der Waals surface area contributed by atoms with E-state index in [2.05, 4.69) is 101 Å². The molecule has 0 amide bonds. The Morgan fingerprint density at radius 2 is 1.43 bits per heavy atom. The van der Waals surface area contributed by atoms with Gasteiger partial charge in [0.1, 0.15) is 17.0 Å². The van der Waals surface area contributed by atoms with Crippen LogP contribution in [0.5, 0.6) is 11.5 Å². The Bertz CT molecular complexity index is 2780. The summed E-state index contributed by atoms with van der Waals surface area (Å²) < 4.78 is 16.8. The minimum absolute atomic E-state index is 0. The van der Waals surface area contributed by atoms with Gasteiger partial charge in [-0.3, -0.25) is 4.68 Å². The average molecular weight is 799 g/mol. The summed E-state index contributed by atoms with van der Waals surface area (Å²) >= 11 is 0. The van der Waals surface area contributed by atoms with Crippen molar-refractivity contribution in [2.75, 3.05) is 0 Å². The molecule has 0 atom stereocenters. The number of rotatable bonds is 8. The van der Waals surface area contributed by atoms with Gasteiger partial charge in [-0.2, -0.15) is 17.2 Å². The number of fused-ring (bicyclic) bond motifs is 7. The maximum atomic E-state index is 6.50. The van der Waals surface area contributed by atoms with Gasteiger partial charge in [-0.25, -0.2) is 4.98 Å². The summed E-state index contributed by atoms with van der Waals surface area (Å²) in [5, 5.41) is 9.08. The maximum absolute atomic E-state index is 6.50. The summed E-state index contributed by atoms with van der Waals surface area (Å²) in [7, 11) is 0. The summed E-state index contributed by atoms with van der Waals surface area (Å²) in [6.07, 6.45) is 5.90. The van der Waals surface area contributed by atoms with E-state index in [1.165, 1.54) is 22.3 Å². The molecule has 4 aromatic heterocycles. The Morgan fingerprint density at radius 3 is 2.17 bits per heavy atom. The Kier molecular flexibility index (Phi) is 9.26. The molecule has 0 radical (unpaired) electrons. The van der Waals surface area contributed by atoms with Gasteiger partial charge in [0.15, 0.2) is 0 Å². The molecule has 9 aromatic rings. The van der Waals surface area contributed by atoms with Gasteiger partial charge < -0.3 is 13.7 Å². The first-order valence-electron chi connectivity index (χ1n) is 18.4. The van der Waals surface area contributed by atoms with E-state index in [0.29, 0.717) is 29.3 Å². The topological polar surface area (TPSA) is 58.0 Å². The van der Waals surface area contributed by atoms with E-state index >= 15 is 0 Å². The van der Waals surface area contributed by atoms with Crippen molar-refractivity contribution < 1.29 is 29.6 Å². The number of hydrogen-bond donors (Lipinski definition) is 0. The molecule has 0 aliphatic rings. The molecular formula is C47H40N4O2Pd. The summed E-state index contributed by atoms with van der Waals surface area (Å²) in [4.78, 5) is 4.77. The fourth-order valence-corrected chi connectivity index (χ4v) is 7.61. The molecule has 0 saturated heterocycles. The molecule has 270 valence electrons. The first kappa shape index (κ1) is 35.5. The monoisotopic (exact) mass is 798 g/mol. The van der Waals surface area contributed by atoms with Gasteiger partial charge in [0, 0.05) is 34.8 Å². The maximum Gasteiger partial charge on any atom is 2.00 e. The Hall–Kier alpha value is -5.48. The van der Waals surface area contributed by atoms with Crippen molar-refractivity contribution >= 4 is 43.7 Å². The Balaban J connectivity index is 0.00000413. The minimum atomic E-state index is 0.